The number of rotatable bonds is 4. The van der Waals surface area contributed by atoms with Crippen LogP contribution in [0, 0.1) is 6.92 Å². The van der Waals surface area contributed by atoms with Crippen molar-refractivity contribution >= 4 is 17.4 Å². The summed E-state index contributed by atoms with van der Waals surface area (Å²) < 4.78 is 0. The summed E-state index contributed by atoms with van der Waals surface area (Å²) in [4.78, 5) is 12.3. The monoisotopic (exact) mass is 379 g/mol. The first-order chi connectivity index (χ1) is 13.2. The molecule has 1 aliphatic rings. The molecule has 0 amide bonds. The predicted octanol–water partition coefficient (Wildman–Crippen LogP) is 3.08. The van der Waals surface area contributed by atoms with Gasteiger partial charge in [0, 0.05) is 28.3 Å². The molecular formula is C22H24ClN4+. The molecular weight excluding hydrogens is 356 g/mol. The molecule has 2 N–H and O–H groups in total. The van der Waals surface area contributed by atoms with E-state index in [9.17, 15) is 0 Å². The van der Waals surface area contributed by atoms with Crippen molar-refractivity contribution in [2.45, 2.75) is 13.3 Å². The highest BCUT2D eigenvalue weighted by molar-refractivity contribution is 6.30. The fourth-order valence-electron chi connectivity index (χ4n) is 3.54. The summed E-state index contributed by atoms with van der Waals surface area (Å²) in [6.45, 7) is 6.32. The molecule has 2 aromatic carbocycles. The molecule has 0 spiro atoms. The van der Waals surface area contributed by atoms with Gasteiger partial charge in [-0.15, -0.1) is 0 Å². The molecule has 4 nitrogen and oxygen atoms in total. The number of benzene rings is 2. The molecule has 1 aromatic heterocycles. The average Bonchev–Trinajstić information content (AvgIpc) is 2.71. The number of aryl methyl sites for hydroxylation is 1. The molecule has 1 fully saturated rings. The van der Waals surface area contributed by atoms with Gasteiger partial charge in [0.1, 0.15) is 5.82 Å². The molecule has 0 bridgehead atoms. The average molecular weight is 380 g/mol. The molecule has 27 heavy (non-hydrogen) atoms. The third-order valence-corrected chi connectivity index (χ3v) is 5.28. The summed E-state index contributed by atoms with van der Waals surface area (Å²) in [5.41, 5.74) is 4.55. The molecule has 0 saturated carbocycles. The van der Waals surface area contributed by atoms with Crippen LogP contribution in [0.4, 0.5) is 5.82 Å². The number of quaternary nitrogens is 1. The van der Waals surface area contributed by atoms with E-state index in [2.05, 4.69) is 47.5 Å². The predicted molar refractivity (Wildman–Crippen MR) is 110 cm³/mol. The van der Waals surface area contributed by atoms with Crippen LogP contribution in [0.3, 0.4) is 0 Å². The van der Waals surface area contributed by atoms with E-state index in [0.717, 1.165) is 60.5 Å². The maximum absolute atomic E-state index is 6.05. The maximum atomic E-state index is 6.05. The summed E-state index contributed by atoms with van der Waals surface area (Å²) in [6.07, 6.45) is 0.850. The van der Waals surface area contributed by atoms with Crippen molar-refractivity contribution in [3.05, 3.63) is 76.4 Å². The number of hydrogen-bond acceptors (Lipinski definition) is 3. The van der Waals surface area contributed by atoms with E-state index < -0.39 is 0 Å². The lowest BCUT2D eigenvalue weighted by Crippen LogP contribution is -2.89. The van der Waals surface area contributed by atoms with Gasteiger partial charge in [-0.3, -0.25) is 0 Å². The smallest absolute Gasteiger partial charge is 0.161 e. The van der Waals surface area contributed by atoms with Crippen LogP contribution in [0.1, 0.15) is 16.8 Å². The van der Waals surface area contributed by atoms with Crippen molar-refractivity contribution in [2.24, 2.45) is 0 Å². The highest BCUT2D eigenvalue weighted by atomic mass is 35.5. The Morgan fingerprint density at radius 2 is 1.67 bits per heavy atom. The Bertz CT molecular complexity index is 904. The third-order valence-electron chi connectivity index (χ3n) is 5.02. The highest BCUT2D eigenvalue weighted by Crippen LogP contribution is 2.28. The van der Waals surface area contributed by atoms with Gasteiger partial charge in [0.2, 0.25) is 0 Å². The SMILES string of the molecule is Cc1nc(-c2ccc(Cl)cc2)nc(N2CC[NH2+]CC2)c1Cc1ccccc1. The van der Waals surface area contributed by atoms with Gasteiger partial charge in [-0.25, -0.2) is 9.97 Å². The Morgan fingerprint density at radius 1 is 0.963 bits per heavy atom. The van der Waals surface area contributed by atoms with E-state index in [4.69, 9.17) is 21.6 Å². The third kappa shape index (κ3) is 4.12. The van der Waals surface area contributed by atoms with E-state index in [1.165, 1.54) is 11.1 Å². The Morgan fingerprint density at radius 3 is 2.37 bits per heavy atom. The zero-order valence-corrected chi connectivity index (χ0v) is 16.3. The molecule has 0 aliphatic carbocycles. The topological polar surface area (TPSA) is 45.6 Å². The molecule has 138 valence electrons. The Balaban J connectivity index is 1.78. The van der Waals surface area contributed by atoms with Crippen LogP contribution in [-0.4, -0.2) is 36.1 Å². The van der Waals surface area contributed by atoms with Crippen LogP contribution in [0.25, 0.3) is 11.4 Å². The number of nitrogens with zero attached hydrogens (tertiary/aromatic N) is 3. The fourth-order valence-corrected chi connectivity index (χ4v) is 3.67. The maximum Gasteiger partial charge on any atom is 0.161 e. The lowest BCUT2D eigenvalue weighted by atomic mass is 10.0. The Hall–Kier alpha value is -2.43. The number of hydrogen-bond donors (Lipinski definition) is 1. The standard InChI is InChI=1S/C22H23ClN4/c1-16-20(15-17-5-3-2-4-6-17)22(27-13-11-24-12-14-27)26-21(25-16)18-7-9-19(23)10-8-18/h2-10,24H,11-15H2,1H3/p+1. The first kappa shape index (κ1) is 18.0. The second-order valence-electron chi connectivity index (χ2n) is 6.96. The fraction of sp³-hybridized carbons (Fsp3) is 0.273. The molecule has 0 atom stereocenters. The van der Waals surface area contributed by atoms with Crippen molar-refractivity contribution in [1.29, 1.82) is 0 Å². The van der Waals surface area contributed by atoms with Gasteiger partial charge in [-0.2, -0.15) is 0 Å². The van der Waals surface area contributed by atoms with Crippen molar-refractivity contribution < 1.29 is 5.32 Å². The summed E-state index contributed by atoms with van der Waals surface area (Å²) in [7, 11) is 0. The van der Waals surface area contributed by atoms with Crippen LogP contribution in [0.2, 0.25) is 5.02 Å². The first-order valence-corrected chi connectivity index (χ1v) is 9.82. The van der Waals surface area contributed by atoms with Crippen molar-refractivity contribution in [3.63, 3.8) is 0 Å². The number of piperazine rings is 1. The van der Waals surface area contributed by atoms with Crippen molar-refractivity contribution in [1.82, 2.24) is 9.97 Å². The second-order valence-corrected chi connectivity index (χ2v) is 7.39. The van der Waals surface area contributed by atoms with Gasteiger partial charge in [-0.1, -0.05) is 41.9 Å². The zero-order valence-electron chi connectivity index (χ0n) is 15.5. The van der Waals surface area contributed by atoms with Gasteiger partial charge in [-0.05, 0) is 36.8 Å². The number of anilines is 1. The van der Waals surface area contributed by atoms with Crippen molar-refractivity contribution in [3.8, 4) is 11.4 Å². The van der Waals surface area contributed by atoms with Crippen LogP contribution >= 0.6 is 11.6 Å². The lowest BCUT2D eigenvalue weighted by molar-refractivity contribution is -0.655. The Labute approximate surface area is 165 Å². The van der Waals surface area contributed by atoms with Gasteiger partial charge in [0.15, 0.2) is 5.82 Å². The van der Waals surface area contributed by atoms with E-state index in [1.807, 2.05) is 24.3 Å². The minimum absolute atomic E-state index is 0.725. The van der Waals surface area contributed by atoms with Crippen LogP contribution in [-0.2, 0) is 6.42 Å². The molecule has 3 aromatic rings. The summed E-state index contributed by atoms with van der Waals surface area (Å²) in [5, 5.41) is 3.09. The molecule has 0 radical (unpaired) electrons. The molecule has 5 heteroatoms. The van der Waals surface area contributed by atoms with Gasteiger partial charge < -0.3 is 10.2 Å². The number of aromatic nitrogens is 2. The van der Waals surface area contributed by atoms with Gasteiger partial charge in [0.25, 0.3) is 0 Å². The highest BCUT2D eigenvalue weighted by Gasteiger charge is 2.21. The van der Waals surface area contributed by atoms with Crippen LogP contribution in [0.5, 0.6) is 0 Å². The van der Waals surface area contributed by atoms with E-state index >= 15 is 0 Å². The summed E-state index contributed by atoms with van der Waals surface area (Å²) in [5.74, 6) is 1.84. The van der Waals surface area contributed by atoms with Crippen LogP contribution in [0.15, 0.2) is 54.6 Å². The molecule has 0 unspecified atom stereocenters. The van der Waals surface area contributed by atoms with Crippen LogP contribution < -0.4 is 10.2 Å². The first-order valence-electron chi connectivity index (χ1n) is 9.45. The summed E-state index contributed by atoms with van der Waals surface area (Å²) >= 11 is 6.05. The van der Waals surface area contributed by atoms with E-state index in [-0.39, 0.29) is 0 Å². The lowest BCUT2D eigenvalue weighted by Gasteiger charge is -2.29. The normalized spacial score (nSPS) is 14.4. The van der Waals surface area contributed by atoms with E-state index in [1.54, 1.807) is 0 Å². The molecule has 1 saturated heterocycles. The summed E-state index contributed by atoms with van der Waals surface area (Å²) in [6, 6.07) is 18.3. The number of halogens is 1. The van der Waals surface area contributed by atoms with Gasteiger partial charge in [0.05, 0.1) is 26.2 Å². The minimum Gasteiger partial charge on any atom is -0.345 e. The van der Waals surface area contributed by atoms with E-state index in [0.29, 0.717) is 0 Å². The molecule has 2 heterocycles. The largest absolute Gasteiger partial charge is 0.345 e. The second kappa shape index (κ2) is 8.07. The molecule has 1 aliphatic heterocycles. The molecule has 4 rings (SSSR count). The quantitative estimate of drug-likeness (QED) is 0.757. The zero-order chi connectivity index (χ0) is 18.6. The number of nitrogens with two attached hydrogens (primary N) is 1. The van der Waals surface area contributed by atoms with Gasteiger partial charge >= 0.3 is 0 Å². The van der Waals surface area contributed by atoms with Crippen molar-refractivity contribution in [2.75, 3.05) is 31.1 Å². The minimum atomic E-state index is 0.725. The Kier molecular flexibility index (Phi) is 5.37.